The number of benzene rings is 2. The van der Waals surface area contributed by atoms with Crippen molar-refractivity contribution in [2.45, 2.75) is 19.6 Å². The highest BCUT2D eigenvalue weighted by Crippen LogP contribution is 2.29. The molecule has 3 nitrogen and oxygen atoms in total. The molecule has 0 aliphatic carbocycles. The molecule has 6 heteroatoms. The van der Waals surface area contributed by atoms with Gasteiger partial charge in [0.2, 0.25) is 5.91 Å². The van der Waals surface area contributed by atoms with Crippen LogP contribution in [0.2, 0.25) is 0 Å². The molecule has 122 valence electrons. The summed E-state index contributed by atoms with van der Waals surface area (Å²) in [6.07, 6.45) is -4.38. The summed E-state index contributed by atoms with van der Waals surface area (Å²) in [6, 6.07) is 12.2. The predicted molar refractivity (Wildman–Crippen MR) is 83.0 cm³/mol. The van der Waals surface area contributed by atoms with Gasteiger partial charge >= 0.3 is 6.18 Å². The van der Waals surface area contributed by atoms with Crippen molar-refractivity contribution in [1.29, 1.82) is 0 Å². The summed E-state index contributed by atoms with van der Waals surface area (Å²) in [7, 11) is 0. The summed E-state index contributed by atoms with van der Waals surface area (Å²) in [5.74, 6) is -0.307. The number of alkyl halides is 3. The minimum Gasteiger partial charge on any atom is -0.325 e. The molecular formula is C17H17F3N2O. The first kappa shape index (κ1) is 17.0. The largest absolute Gasteiger partial charge is 0.416 e. The molecule has 2 aromatic carbocycles. The van der Waals surface area contributed by atoms with Crippen molar-refractivity contribution in [3.05, 3.63) is 65.2 Å². The molecule has 0 spiro atoms. The van der Waals surface area contributed by atoms with Crippen LogP contribution in [0.5, 0.6) is 0 Å². The molecule has 1 amide bonds. The Labute approximate surface area is 132 Å². The average molecular weight is 322 g/mol. The van der Waals surface area contributed by atoms with Gasteiger partial charge in [-0.2, -0.15) is 13.2 Å². The lowest BCUT2D eigenvalue weighted by Crippen LogP contribution is -2.27. The molecular weight excluding hydrogens is 305 g/mol. The fourth-order valence-electron chi connectivity index (χ4n) is 2.07. The third-order valence-electron chi connectivity index (χ3n) is 3.36. The Morgan fingerprint density at radius 1 is 1.04 bits per heavy atom. The number of aryl methyl sites for hydroxylation is 1. The first-order valence-corrected chi connectivity index (χ1v) is 7.08. The van der Waals surface area contributed by atoms with Gasteiger partial charge in [0, 0.05) is 12.2 Å². The molecule has 2 N–H and O–H groups in total. The smallest absolute Gasteiger partial charge is 0.325 e. The quantitative estimate of drug-likeness (QED) is 0.880. The number of halogens is 3. The molecule has 23 heavy (non-hydrogen) atoms. The Morgan fingerprint density at radius 3 is 2.30 bits per heavy atom. The van der Waals surface area contributed by atoms with Gasteiger partial charge in [-0.05, 0) is 42.3 Å². The van der Waals surface area contributed by atoms with Gasteiger partial charge in [-0.1, -0.05) is 24.3 Å². The predicted octanol–water partition coefficient (Wildman–Crippen LogP) is 3.74. The average Bonchev–Trinajstić information content (AvgIpc) is 2.49. The topological polar surface area (TPSA) is 41.1 Å². The third-order valence-corrected chi connectivity index (χ3v) is 3.36. The Kier molecular flexibility index (Phi) is 5.39. The highest BCUT2D eigenvalue weighted by molar-refractivity contribution is 5.92. The van der Waals surface area contributed by atoms with Crippen LogP contribution in [0.1, 0.15) is 16.7 Å². The van der Waals surface area contributed by atoms with Gasteiger partial charge in [0.05, 0.1) is 12.1 Å². The highest BCUT2D eigenvalue weighted by Gasteiger charge is 2.29. The van der Waals surface area contributed by atoms with Crippen molar-refractivity contribution in [3.8, 4) is 0 Å². The number of carbonyl (C=O) groups is 1. The van der Waals surface area contributed by atoms with Crippen molar-refractivity contribution in [3.63, 3.8) is 0 Å². The van der Waals surface area contributed by atoms with E-state index in [9.17, 15) is 18.0 Å². The third kappa shape index (κ3) is 5.10. The fourth-order valence-corrected chi connectivity index (χ4v) is 2.07. The van der Waals surface area contributed by atoms with Gasteiger partial charge in [-0.15, -0.1) is 0 Å². The molecule has 0 aliphatic heterocycles. The van der Waals surface area contributed by atoms with E-state index >= 15 is 0 Å². The van der Waals surface area contributed by atoms with E-state index in [1.165, 1.54) is 12.1 Å². The molecule has 0 unspecified atom stereocenters. The van der Waals surface area contributed by atoms with E-state index in [4.69, 9.17) is 0 Å². The summed E-state index contributed by atoms with van der Waals surface area (Å²) in [4.78, 5) is 11.8. The van der Waals surface area contributed by atoms with Crippen LogP contribution >= 0.6 is 0 Å². The molecule has 2 rings (SSSR count). The minimum absolute atomic E-state index is 0.0787. The summed E-state index contributed by atoms with van der Waals surface area (Å²) < 4.78 is 37.3. The second kappa shape index (κ2) is 7.28. The Morgan fingerprint density at radius 2 is 1.70 bits per heavy atom. The SMILES string of the molecule is Cc1ccccc1CNCC(=O)Nc1ccc(C(F)(F)F)cc1. The van der Waals surface area contributed by atoms with Gasteiger partial charge in [0.1, 0.15) is 0 Å². The zero-order valence-electron chi connectivity index (χ0n) is 12.6. The molecule has 0 bridgehead atoms. The summed E-state index contributed by atoms with van der Waals surface area (Å²) in [6.45, 7) is 2.61. The first-order valence-electron chi connectivity index (χ1n) is 7.08. The molecule has 0 saturated carbocycles. The standard InChI is InChI=1S/C17H17F3N2O/c1-12-4-2-3-5-13(12)10-21-11-16(23)22-15-8-6-14(7-9-15)17(18,19)20/h2-9,21H,10-11H2,1H3,(H,22,23). The summed E-state index contributed by atoms with van der Waals surface area (Å²) >= 11 is 0. The zero-order valence-corrected chi connectivity index (χ0v) is 12.6. The molecule has 0 aliphatic rings. The van der Waals surface area contributed by atoms with Crippen LogP contribution in [-0.2, 0) is 17.5 Å². The highest BCUT2D eigenvalue weighted by atomic mass is 19.4. The van der Waals surface area contributed by atoms with Crippen LogP contribution in [0.15, 0.2) is 48.5 Å². The maximum Gasteiger partial charge on any atom is 0.416 e. The van der Waals surface area contributed by atoms with Crippen molar-refractivity contribution in [2.75, 3.05) is 11.9 Å². The maximum atomic E-state index is 12.4. The molecule has 0 heterocycles. The minimum atomic E-state index is -4.38. The van der Waals surface area contributed by atoms with Gasteiger partial charge < -0.3 is 10.6 Å². The van der Waals surface area contributed by atoms with E-state index in [1.807, 2.05) is 31.2 Å². The fraction of sp³-hybridized carbons (Fsp3) is 0.235. The van der Waals surface area contributed by atoms with Crippen molar-refractivity contribution in [1.82, 2.24) is 5.32 Å². The lowest BCUT2D eigenvalue weighted by molar-refractivity contribution is -0.137. The normalized spacial score (nSPS) is 11.3. The van der Waals surface area contributed by atoms with Crippen molar-refractivity contribution >= 4 is 11.6 Å². The monoisotopic (exact) mass is 322 g/mol. The second-order valence-electron chi connectivity index (χ2n) is 5.15. The number of carbonyl (C=O) groups excluding carboxylic acids is 1. The molecule has 0 saturated heterocycles. The van der Waals surface area contributed by atoms with Crippen LogP contribution < -0.4 is 10.6 Å². The van der Waals surface area contributed by atoms with E-state index in [1.54, 1.807) is 0 Å². The van der Waals surface area contributed by atoms with E-state index in [0.717, 1.165) is 23.3 Å². The number of nitrogens with one attached hydrogen (secondary N) is 2. The Balaban J connectivity index is 1.82. The van der Waals surface area contributed by atoms with Crippen molar-refractivity contribution < 1.29 is 18.0 Å². The number of hydrogen-bond donors (Lipinski definition) is 2. The van der Waals surface area contributed by atoms with E-state index in [0.29, 0.717) is 12.2 Å². The number of anilines is 1. The summed E-state index contributed by atoms with van der Waals surface area (Å²) in [5.41, 5.74) is 1.81. The van der Waals surface area contributed by atoms with Crippen LogP contribution in [0.4, 0.5) is 18.9 Å². The van der Waals surface area contributed by atoms with Crippen LogP contribution in [0.25, 0.3) is 0 Å². The van der Waals surface area contributed by atoms with Crippen molar-refractivity contribution in [2.24, 2.45) is 0 Å². The Bertz CT molecular complexity index is 666. The number of hydrogen-bond acceptors (Lipinski definition) is 2. The maximum absolute atomic E-state index is 12.4. The second-order valence-corrected chi connectivity index (χ2v) is 5.15. The van der Waals surface area contributed by atoms with Crippen LogP contribution in [0.3, 0.4) is 0 Å². The lowest BCUT2D eigenvalue weighted by atomic mass is 10.1. The van der Waals surface area contributed by atoms with E-state index in [-0.39, 0.29) is 12.5 Å². The summed E-state index contributed by atoms with van der Waals surface area (Å²) in [5, 5.41) is 5.56. The van der Waals surface area contributed by atoms with Gasteiger partial charge in [0.15, 0.2) is 0 Å². The number of amides is 1. The van der Waals surface area contributed by atoms with Crippen LogP contribution in [-0.4, -0.2) is 12.5 Å². The number of rotatable bonds is 5. The van der Waals surface area contributed by atoms with Gasteiger partial charge in [-0.3, -0.25) is 4.79 Å². The Hall–Kier alpha value is -2.34. The van der Waals surface area contributed by atoms with E-state index in [2.05, 4.69) is 10.6 Å². The van der Waals surface area contributed by atoms with Crippen LogP contribution in [0, 0.1) is 6.92 Å². The lowest BCUT2D eigenvalue weighted by Gasteiger charge is -2.10. The first-order chi connectivity index (χ1) is 10.9. The molecule has 0 aromatic heterocycles. The van der Waals surface area contributed by atoms with Gasteiger partial charge in [0.25, 0.3) is 0 Å². The van der Waals surface area contributed by atoms with Gasteiger partial charge in [-0.25, -0.2) is 0 Å². The molecule has 0 radical (unpaired) electrons. The van der Waals surface area contributed by atoms with E-state index < -0.39 is 11.7 Å². The zero-order chi connectivity index (χ0) is 16.9. The molecule has 0 atom stereocenters. The molecule has 0 fully saturated rings. The molecule has 2 aromatic rings.